The Kier molecular flexibility index (Phi) is 9.15. The number of hydrogen-bond acceptors (Lipinski definition) is 9. The van der Waals surface area contributed by atoms with Crippen LogP contribution in [0.25, 0.3) is 22.2 Å². The molecule has 4 rings (SSSR count). The Morgan fingerprint density at radius 1 is 1.23 bits per heavy atom. The van der Waals surface area contributed by atoms with Crippen molar-refractivity contribution in [1.82, 2.24) is 30.1 Å². The average molecular weight is 534 g/mol. The summed E-state index contributed by atoms with van der Waals surface area (Å²) in [6.07, 6.45) is 5.34. The standard InChI is InChI=1S/C28H39N9O2/c1-6-30-17-23(26(29)39-7-2)34-28-32-15-18(3)24(35-28)21-16-31-25-20(21)9-8-10-22(25)33-27(38)19(4)37-13-11-36(5)12-14-37/h8-10,15-17,19,29-31H,6-7,11-14H2,1-5H3,(H,33,38)(H,32,34,35)/b23-17+,29-26?. The lowest BCUT2D eigenvalue weighted by atomic mass is 10.1. The van der Waals surface area contributed by atoms with E-state index in [1.165, 1.54) is 0 Å². The van der Waals surface area contributed by atoms with E-state index in [9.17, 15) is 4.79 Å². The van der Waals surface area contributed by atoms with Crippen LogP contribution in [0.1, 0.15) is 26.3 Å². The number of anilines is 2. The number of benzene rings is 1. The summed E-state index contributed by atoms with van der Waals surface area (Å²) in [7, 11) is 2.11. The quantitative estimate of drug-likeness (QED) is 0.198. The highest BCUT2D eigenvalue weighted by Crippen LogP contribution is 2.33. The average Bonchev–Trinajstić information content (AvgIpc) is 3.37. The van der Waals surface area contributed by atoms with Crippen LogP contribution in [0.2, 0.25) is 0 Å². The van der Waals surface area contributed by atoms with Gasteiger partial charge in [0.05, 0.1) is 29.5 Å². The van der Waals surface area contributed by atoms with Crippen molar-refractivity contribution >= 4 is 34.3 Å². The molecule has 0 bridgehead atoms. The number of H-pyrrole nitrogens is 1. The Morgan fingerprint density at radius 3 is 2.72 bits per heavy atom. The molecule has 5 N–H and O–H groups in total. The molecule has 1 fully saturated rings. The fourth-order valence-corrected chi connectivity index (χ4v) is 4.55. The van der Waals surface area contributed by atoms with Crippen molar-refractivity contribution < 1.29 is 9.53 Å². The van der Waals surface area contributed by atoms with Gasteiger partial charge in [0.25, 0.3) is 0 Å². The summed E-state index contributed by atoms with van der Waals surface area (Å²) in [5.74, 6) is 0.330. The number of likely N-dealkylation sites (N-methyl/N-ethyl adjacent to an activating group) is 1. The van der Waals surface area contributed by atoms with Crippen molar-refractivity contribution in [1.29, 1.82) is 5.41 Å². The highest BCUT2D eigenvalue weighted by Gasteiger charge is 2.25. The largest absolute Gasteiger partial charge is 0.477 e. The zero-order valence-corrected chi connectivity index (χ0v) is 23.4. The van der Waals surface area contributed by atoms with Crippen LogP contribution in [0.4, 0.5) is 11.6 Å². The number of para-hydroxylation sites is 1. The van der Waals surface area contributed by atoms with Crippen molar-refractivity contribution in [3.8, 4) is 11.3 Å². The van der Waals surface area contributed by atoms with Crippen LogP contribution in [0.15, 0.2) is 42.5 Å². The number of carbonyl (C=O) groups excluding carboxylic acids is 1. The van der Waals surface area contributed by atoms with E-state index in [2.05, 4.69) is 42.8 Å². The zero-order valence-electron chi connectivity index (χ0n) is 23.4. The second-order valence-electron chi connectivity index (χ2n) is 9.66. The third-order valence-corrected chi connectivity index (χ3v) is 6.90. The van der Waals surface area contributed by atoms with Crippen LogP contribution >= 0.6 is 0 Å². The first-order valence-corrected chi connectivity index (χ1v) is 13.4. The maximum Gasteiger partial charge on any atom is 0.241 e. The first kappa shape index (κ1) is 28.1. The summed E-state index contributed by atoms with van der Waals surface area (Å²) in [5.41, 5.74) is 4.55. The predicted octanol–water partition coefficient (Wildman–Crippen LogP) is 3.38. The minimum atomic E-state index is -0.221. The van der Waals surface area contributed by atoms with Gasteiger partial charge in [0, 0.05) is 62.3 Å². The smallest absolute Gasteiger partial charge is 0.241 e. The molecule has 1 saturated heterocycles. The van der Waals surface area contributed by atoms with Crippen molar-refractivity contribution in [2.24, 2.45) is 0 Å². The highest BCUT2D eigenvalue weighted by molar-refractivity contribution is 6.06. The number of aromatic amines is 1. The Morgan fingerprint density at radius 2 is 2.00 bits per heavy atom. The second-order valence-corrected chi connectivity index (χ2v) is 9.66. The molecule has 208 valence electrons. The van der Waals surface area contributed by atoms with Crippen LogP contribution in [0.3, 0.4) is 0 Å². The predicted molar refractivity (Wildman–Crippen MR) is 156 cm³/mol. The van der Waals surface area contributed by atoms with Gasteiger partial charge in [-0.05, 0) is 46.4 Å². The Hall–Kier alpha value is -3.96. The molecule has 1 amide bonds. The van der Waals surface area contributed by atoms with Gasteiger partial charge in [0.15, 0.2) is 0 Å². The molecule has 11 heteroatoms. The van der Waals surface area contributed by atoms with Gasteiger partial charge in [-0.1, -0.05) is 12.1 Å². The van der Waals surface area contributed by atoms with Crippen LogP contribution in [-0.4, -0.2) is 89.0 Å². The summed E-state index contributed by atoms with van der Waals surface area (Å²) in [4.78, 5) is 30.2. The Bertz CT molecular complexity index is 1340. The number of ether oxygens (including phenoxy) is 1. The zero-order chi connectivity index (χ0) is 27.9. The highest BCUT2D eigenvalue weighted by atomic mass is 16.5. The van der Waals surface area contributed by atoms with Gasteiger partial charge in [-0.25, -0.2) is 9.97 Å². The number of fused-ring (bicyclic) bond motifs is 1. The summed E-state index contributed by atoms with van der Waals surface area (Å²) < 4.78 is 5.37. The lowest BCUT2D eigenvalue weighted by Crippen LogP contribution is -2.51. The van der Waals surface area contributed by atoms with Gasteiger partial charge >= 0.3 is 0 Å². The number of carbonyl (C=O) groups is 1. The first-order valence-electron chi connectivity index (χ1n) is 13.4. The molecule has 1 unspecified atom stereocenters. The summed E-state index contributed by atoms with van der Waals surface area (Å²) in [5, 5.41) is 18.5. The van der Waals surface area contributed by atoms with Gasteiger partial charge in [-0.15, -0.1) is 0 Å². The molecule has 3 aromatic rings. The van der Waals surface area contributed by atoms with E-state index in [1.807, 2.05) is 52.1 Å². The minimum absolute atomic E-state index is 0.00227. The topological polar surface area (TPSA) is 134 Å². The molecule has 11 nitrogen and oxygen atoms in total. The Balaban J connectivity index is 1.58. The molecule has 39 heavy (non-hydrogen) atoms. The SMILES string of the molecule is CCN/C=C(/Nc1ncc(C)c(-c2c[nH]c3c(NC(=O)C(C)N4CCN(C)CC4)cccc23)n1)C(=N)OCC. The monoisotopic (exact) mass is 533 g/mol. The van der Waals surface area contributed by atoms with Crippen LogP contribution in [0, 0.1) is 12.3 Å². The molecule has 0 spiro atoms. The molecule has 0 aliphatic carbocycles. The molecule has 3 heterocycles. The molecule has 1 atom stereocenters. The van der Waals surface area contributed by atoms with Gasteiger partial charge in [-0.3, -0.25) is 15.1 Å². The van der Waals surface area contributed by atoms with Crippen molar-refractivity contribution in [2.75, 3.05) is 57.0 Å². The number of nitrogens with zero attached hydrogens (tertiary/aromatic N) is 4. The van der Waals surface area contributed by atoms with Gasteiger partial charge < -0.3 is 30.6 Å². The third kappa shape index (κ3) is 6.55. The number of hydrogen-bond donors (Lipinski definition) is 5. The van der Waals surface area contributed by atoms with E-state index < -0.39 is 0 Å². The van der Waals surface area contributed by atoms with E-state index in [4.69, 9.17) is 15.1 Å². The summed E-state index contributed by atoms with van der Waals surface area (Å²) in [6.45, 7) is 12.5. The number of aryl methyl sites for hydroxylation is 1. The Labute approximate surface area is 229 Å². The van der Waals surface area contributed by atoms with E-state index in [-0.39, 0.29) is 17.8 Å². The first-order chi connectivity index (χ1) is 18.8. The van der Waals surface area contributed by atoms with Crippen molar-refractivity contribution in [3.63, 3.8) is 0 Å². The van der Waals surface area contributed by atoms with Gasteiger partial charge in [0.1, 0.15) is 5.70 Å². The van der Waals surface area contributed by atoms with Gasteiger partial charge in [0.2, 0.25) is 17.8 Å². The normalized spacial score (nSPS) is 15.7. The number of nitrogens with one attached hydrogen (secondary N) is 5. The fraction of sp³-hybridized carbons (Fsp3) is 0.429. The molecule has 0 saturated carbocycles. The maximum absolute atomic E-state index is 13.1. The number of aromatic nitrogens is 3. The fourth-order valence-electron chi connectivity index (χ4n) is 4.55. The molecule has 1 aliphatic rings. The molecular weight excluding hydrogens is 494 g/mol. The molecule has 2 aromatic heterocycles. The lowest BCUT2D eigenvalue weighted by molar-refractivity contribution is -0.121. The molecular formula is C28H39N9O2. The van der Waals surface area contributed by atoms with Crippen molar-refractivity contribution in [3.05, 3.63) is 48.1 Å². The van der Waals surface area contributed by atoms with Crippen LogP contribution in [0.5, 0.6) is 0 Å². The van der Waals surface area contributed by atoms with Crippen LogP contribution < -0.4 is 16.0 Å². The molecule has 1 aliphatic heterocycles. The lowest BCUT2D eigenvalue weighted by Gasteiger charge is -2.35. The number of amides is 1. The van der Waals surface area contributed by atoms with E-state index in [1.54, 1.807) is 12.4 Å². The molecule has 0 radical (unpaired) electrons. The van der Waals surface area contributed by atoms with Crippen molar-refractivity contribution in [2.45, 2.75) is 33.7 Å². The summed E-state index contributed by atoms with van der Waals surface area (Å²) >= 11 is 0. The van der Waals surface area contributed by atoms with E-state index >= 15 is 0 Å². The molecule has 1 aromatic carbocycles. The van der Waals surface area contributed by atoms with Crippen LogP contribution in [-0.2, 0) is 9.53 Å². The van der Waals surface area contributed by atoms with E-state index in [0.717, 1.165) is 59.6 Å². The maximum atomic E-state index is 13.1. The van der Waals surface area contributed by atoms with E-state index in [0.29, 0.717) is 24.8 Å². The minimum Gasteiger partial charge on any atom is -0.477 e. The van der Waals surface area contributed by atoms with Gasteiger partial charge in [-0.2, -0.15) is 0 Å². The number of rotatable bonds is 10. The summed E-state index contributed by atoms with van der Waals surface area (Å²) in [6, 6.07) is 5.64. The second kappa shape index (κ2) is 12.7. The number of piperazine rings is 1. The third-order valence-electron chi connectivity index (χ3n) is 6.90.